The minimum Gasteiger partial charge on any atom is -0.377 e. The predicted molar refractivity (Wildman–Crippen MR) is 67.8 cm³/mol. The van der Waals surface area contributed by atoms with Gasteiger partial charge in [0.05, 0.1) is 0 Å². The monoisotopic (exact) mass is 264 g/mol. The van der Waals surface area contributed by atoms with Gasteiger partial charge in [-0.1, -0.05) is 18.5 Å². The summed E-state index contributed by atoms with van der Waals surface area (Å²) in [4.78, 5) is 11.9. The highest BCUT2D eigenvalue weighted by Gasteiger charge is 2.14. The Morgan fingerprint density at radius 1 is 1.53 bits per heavy atom. The van der Waals surface area contributed by atoms with Crippen LogP contribution >= 0.6 is 0 Å². The average molecular weight is 264 g/mol. The van der Waals surface area contributed by atoms with Gasteiger partial charge in [-0.15, -0.1) is 0 Å². The maximum absolute atomic E-state index is 11.9. The third-order valence-corrected chi connectivity index (χ3v) is 2.47. The van der Waals surface area contributed by atoms with Gasteiger partial charge in [0.25, 0.3) is 5.91 Å². The fourth-order valence-electron chi connectivity index (χ4n) is 1.63. The number of rotatable bonds is 6. The number of H-pyrrole nitrogens is 1. The van der Waals surface area contributed by atoms with Crippen LogP contribution in [0.25, 0.3) is 0 Å². The van der Waals surface area contributed by atoms with Crippen LogP contribution in [0.15, 0.2) is 16.7 Å². The van der Waals surface area contributed by atoms with E-state index in [4.69, 9.17) is 9.26 Å². The minimum absolute atomic E-state index is 0.201. The van der Waals surface area contributed by atoms with E-state index in [9.17, 15) is 4.79 Å². The van der Waals surface area contributed by atoms with Gasteiger partial charge in [0.15, 0.2) is 17.3 Å². The molecule has 0 spiro atoms. The number of aryl methyl sites for hydroxylation is 1. The van der Waals surface area contributed by atoms with Crippen molar-refractivity contribution in [3.8, 4) is 0 Å². The third-order valence-electron chi connectivity index (χ3n) is 2.47. The Labute approximate surface area is 110 Å². The zero-order chi connectivity index (χ0) is 13.7. The van der Waals surface area contributed by atoms with Crippen LogP contribution in [-0.2, 0) is 17.8 Å². The molecule has 0 bridgehead atoms. The minimum atomic E-state index is -0.361. The number of methoxy groups -OCH3 is 1. The number of aromatic nitrogens is 3. The summed E-state index contributed by atoms with van der Waals surface area (Å²) in [6, 6.07) is 3.34. The standard InChI is InChI=1S/C12H16N4O3/c1-3-4-8-5-11(15-14-8)13-12(17)10-6-9(7-18-2)19-16-10/h5-6H,3-4,7H2,1-2H3,(H2,13,14,15,17). The normalized spacial score (nSPS) is 10.6. The number of hydrogen-bond donors (Lipinski definition) is 2. The SMILES string of the molecule is CCCc1cc(NC(=O)c2cc(COC)on2)n[nH]1. The average Bonchev–Trinajstić information content (AvgIpc) is 3.00. The molecule has 0 saturated carbocycles. The van der Waals surface area contributed by atoms with E-state index in [2.05, 4.69) is 27.6 Å². The molecular formula is C12H16N4O3. The van der Waals surface area contributed by atoms with Gasteiger partial charge in [0.1, 0.15) is 6.61 Å². The van der Waals surface area contributed by atoms with Crippen LogP contribution < -0.4 is 5.32 Å². The summed E-state index contributed by atoms with van der Waals surface area (Å²) < 4.78 is 9.83. The van der Waals surface area contributed by atoms with Crippen molar-refractivity contribution in [1.29, 1.82) is 0 Å². The van der Waals surface area contributed by atoms with Crippen LogP contribution in [0.1, 0.15) is 35.3 Å². The highest BCUT2D eigenvalue weighted by molar-refractivity contribution is 6.02. The van der Waals surface area contributed by atoms with Crippen molar-refractivity contribution >= 4 is 11.7 Å². The largest absolute Gasteiger partial charge is 0.377 e. The molecule has 2 aromatic rings. The lowest BCUT2D eigenvalue weighted by atomic mass is 10.2. The van der Waals surface area contributed by atoms with Gasteiger partial charge in [-0.3, -0.25) is 9.89 Å². The van der Waals surface area contributed by atoms with E-state index in [0.29, 0.717) is 11.6 Å². The van der Waals surface area contributed by atoms with Gasteiger partial charge < -0.3 is 14.6 Å². The summed E-state index contributed by atoms with van der Waals surface area (Å²) in [7, 11) is 1.54. The van der Waals surface area contributed by atoms with Crippen molar-refractivity contribution < 1.29 is 14.1 Å². The van der Waals surface area contributed by atoms with Crippen LogP contribution in [0.3, 0.4) is 0 Å². The fourth-order valence-corrected chi connectivity index (χ4v) is 1.63. The summed E-state index contributed by atoms with van der Waals surface area (Å²) >= 11 is 0. The highest BCUT2D eigenvalue weighted by Crippen LogP contribution is 2.10. The van der Waals surface area contributed by atoms with Crippen LogP contribution in [0.5, 0.6) is 0 Å². The number of hydrogen-bond acceptors (Lipinski definition) is 5. The van der Waals surface area contributed by atoms with E-state index in [1.165, 1.54) is 0 Å². The molecule has 2 aromatic heterocycles. The van der Waals surface area contributed by atoms with Crippen LogP contribution in [-0.4, -0.2) is 28.4 Å². The second-order valence-corrected chi connectivity index (χ2v) is 4.09. The van der Waals surface area contributed by atoms with E-state index < -0.39 is 0 Å². The zero-order valence-electron chi connectivity index (χ0n) is 10.9. The molecule has 7 heteroatoms. The second-order valence-electron chi connectivity index (χ2n) is 4.09. The second kappa shape index (κ2) is 6.14. The van der Waals surface area contributed by atoms with Gasteiger partial charge in [0.2, 0.25) is 0 Å². The van der Waals surface area contributed by atoms with Crippen molar-refractivity contribution in [3.63, 3.8) is 0 Å². The first-order chi connectivity index (χ1) is 9.22. The third kappa shape index (κ3) is 3.41. The van der Waals surface area contributed by atoms with Crippen LogP contribution in [0, 0.1) is 0 Å². The summed E-state index contributed by atoms with van der Waals surface area (Å²) in [5.74, 6) is 0.617. The molecule has 102 valence electrons. The summed E-state index contributed by atoms with van der Waals surface area (Å²) in [6.45, 7) is 2.36. The number of carbonyl (C=O) groups excluding carboxylic acids is 1. The molecule has 7 nitrogen and oxygen atoms in total. The first-order valence-corrected chi connectivity index (χ1v) is 6.03. The van der Waals surface area contributed by atoms with Crippen molar-refractivity contribution in [2.75, 3.05) is 12.4 Å². The molecule has 0 atom stereocenters. The molecule has 2 heterocycles. The lowest BCUT2D eigenvalue weighted by Gasteiger charge is -1.95. The molecule has 0 aromatic carbocycles. The van der Waals surface area contributed by atoms with Crippen LogP contribution in [0.2, 0.25) is 0 Å². The molecule has 0 aliphatic rings. The molecule has 0 radical (unpaired) electrons. The van der Waals surface area contributed by atoms with Crippen molar-refractivity contribution in [2.24, 2.45) is 0 Å². The molecule has 0 aliphatic heterocycles. The lowest BCUT2D eigenvalue weighted by Crippen LogP contribution is -2.12. The van der Waals surface area contributed by atoms with E-state index >= 15 is 0 Å². The van der Waals surface area contributed by atoms with Gasteiger partial charge in [-0.05, 0) is 6.42 Å². The Morgan fingerprint density at radius 3 is 3.11 bits per heavy atom. The predicted octanol–water partition coefficient (Wildman–Crippen LogP) is 1.75. The number of anilines is 1. The Hall–Kier alpha value is -2.15. The van der Waals surface area contributed by atoms with Gasteiger partial charge >= 0.3 is 0 Å². The Balaban J connectivity index is 1.98. The van der Waals surface area contributed by atoms with E-state index in [0.717, 1.165) is 18.5 Å². The number of ether oxygens (including phenoxy) is 1. The molecular weight excluding hydrogens is 248 g/mol. The molecule has 0 unspecified atom stereocenters. The smallest absolute Gasteiger partial charge is 0.279 e. The molecule has 2 N–H and O–H groups in total. The number of nitrogens with zero attached hydrogens (tertiary/aromatic N) is 2. The van der Waals surface area contributed by atoms with E-state index in [-0.39, 0.29) is 18.2 Å². The van der Waals surface area contributed by atoms with Crippen molar-refractivity contribution in [3.05, 3.63) is 29.3 Å². The quantitative estimate of drug-likeness (QED) is 0.829. The van der Waals surface area contributed by atoms with Crippen LogP contribution in [0.4, 0.5) is 5.82 Å². The Morgan fingerprint density at radius 2 is 2.37 bits per heavy atom. The molecule has 1 amide bonds. The molecule has 0 fully saturated rings. The van der Waals surface area contributed by atoms with E-state index in [1.807, 2.05) is 0 Å². The highest BCUT2D eigenvalue weighted by atomic mass is 16.5. The van der Waals surface area contributed by atoms with Gasteiger partial charge in [-0.2, -0.15) is 5.10 Å². The molecule has 0 saturated heterocycles. The zero-order valence-corrected chi connectivity index (χ0v) is 10.9. The lowest BCUT2D eigenvalue weighted by molar-refractivity contribution is 0.101. The number of nitrogens with one attached hydrogen (secondary N) is 2. The van der Waals surface area contributed by atoms with Gasteiger partial charge in [0, 0.05) is 24.9 Å². The van der Waals surface area contributed by atoms with Crippen molar-refractivity contribution in [1.82, 2.24) is 15.4 Å². The molecule has 19 heavy (non-hydrogen) atoms. The summed E-state index contributed by atoms with van der Waals surface area (Å²) in [5, 5.41) is 13.2. The maximum atomic E-state index is 11.9. The van der Waals surface area contributed by atoms with Gasteiger partial charge in [-0.25, -0.2) is 0 Å². The maximum Gasteiger partial charge on any atom is 0.279 e. The molecule has 0 aliphatic carbocycles. The van der Waals surface area contributed by atoms with E-state index in [1.54, 1.807) is 19.2 Å². The van der Waals surface area contributed by atoms with Crippen molar-refractivity contribution in [2.45, 2.75) is 26.4 Å². The topological polar surface area (TPSA) is 93.0 Å². The number of aromatic amines is 1. The number of carbonyl (C=O) groups is 1. The summed E-state index contributed by atoms with van der Waals surface area (Å²) in [5.41, 5.74) is 1.19. The summed E-state index contributed by atoms with van der Waals surface area (Å²) in [6.07, 6.45) is 1.91. The first kappa shape index (κ1) is 13.3. The number of amides is 1. The fraction of sp³-hybridized carbons (Fsp3) is 0.417. The first-order valence-electron chi connectivity index (χ1n) is 6.03. The Bertz CT molecular complexity index is 547. The Kier molecular flexibility index (Phi) is 4.30. The molecule has 2 rings (SSSR count).